The molecule has 0 N–H and O–H groups in total. The highest BCUT2D eigenvalue weighted by Gasteiger charge is 2.34. The van der Waals surface area contributed by atoms with E-state index in [1.54, 1.807) is 17.0 Å². The first-order valence-electron chi connectivity index (χ1n) is 10.6. The fourth-order valence-electron chi connectivity index (χ4n) is 4.62. The van der Waals surface area contributed by atoms with Crippen molar-refractivity contribution < 1.29 is 17.9 Å². The molecule has 2 aliphatic heterocycles. The molecule has 3 aliphatic rings. The second-order valence-corrected chi connectivity index (χ2v) is 10.1. The highest BCUT2D eigenvalue weighted by molar-refractivity contribution is 7.89. The van der Waals surface area contributed by atoms with Crippen LogP contribution in [0.3, 0.4) is 0 Å². The Hall–Kier alpha value is -1.44. The zero-order valence-electron chi connectivity index (χ0n) is 16.4. The molecule has 0 aromatic heterocycles. The lowest BCUT2D eigenvalue weighted by Gasteiger charge is -2.35. The summed E-state index contributed by atoms with van der Waals surface area (Å²) in [5.74, 6) is 0.573. The van der Waals surface area contributed by atoms with Gasteiger partial charge in [-0.2, -0.15) is 4.31 Å². The SMILES string of the molecule is O=C([C@H]1CCCO1)N1CCN(S(=O)(=O)c2ccc(C3CCCCC3)cc2)CC1. The molecule has 1 saturated carbocycles. The monoisotopic (exact) mass is 406 g/mol. The normalized spacial score (nSPS) is 25.1. The Kier molecular flexibility index (Phi) is 6.04. The summed E-state index contributed by atoms with van der Waals surface area (Å²) in [5, 5.41) is 0. The van der Waals surface area contributed by atoms with Crippen LogP contribution in [0.4, 0.5) is 0 Å². The van der Waals surface area contributed by atoms with Crippen LogP contribution in [0.25, 0.3) is 0 Å². The van der Waals surface area contributed by atoms with Crippen molar-refractivity contribution in [2.45, 2.75) is 61.9 Å². The minimum Gasteiger partial charge on any atom is -0.368 e. The minimum atomic E-state index is -3.51. The van der Waals surface area contributed by atoms with Crippen LogP contribution in [0.5, 0.6) is 0 Å². The van der Waals surface area contributed by atoms with Gasteiger partial charge in [0.05, 0.1) is 4.90 Å². The van der Waals surface area contributed by atoms with Crippen LogP contribution in [-0.2, 0) is 19.6 Å². The molecule has 3 fully saturated rings. The summed E-state index contributed by atoms with van der Waals surface area (Å²) < 4.78 is 33.0. The molecular weight excluding hydrogens is 376 g/mol. The largest absolute Gasteiger partial charge is 0.368 e. The van der Waals surface area contributed by atoms with Gasteiger partial charge in [0.1, 0.15) is 6.10 Å². The summed E-state index contributed by atoms with van der Waals surface area (Å²) >= 11 is 0. The van der Waals surface area contributed by atoms with Gasteiger partial charge in [-0.15, -0.1) is 0 Å². The number of benzene rings is 1. The molecule has 2 saturated heterocycles. The van der Waals surface area contributed by atoms with E-state index in [1.165, 1.54) is 42.0 Å². The zero-order valence-corrected chi connectivity index (χ0v) is 17.2. The number of nitrogens with zero attached hydrogens (tertiary/aromatic N) is 2. The first kappa shape index (κ1) is 19.9. The van der Waals surface area contributed by atoms with Gasteiger partial charge in [-0.1, -0.05) is 31.4 Å². The quantitative estimate of drug-likeness (QED) is 0.771. The van der Waals surface area contributed by atoms with Crippen LogP contribution in [-0.4, -0.2) is 62.4 Å². The van der Waals surface area contributed by atoms with Gasteiger partial charge in [0.15, 0.2) is 0 Å². The van der Waals surface area contributed by atoms with Crippen LogP contribution in [0.2, 0.25) is 0 Å². The second-order valence-electron chi connectivity index (χ2n) is 8.14. The highest BCUT2D eigenvalue weighted by atomic mass is 32.2. The third-order valence-electron chi connectivity index (χ3n) is 6.35. The lowest BCUT2D eigenvalue weighted by atomic mass is 9.84. The molecule has 1 amide bonds. The third-order valence-corrected chi connectivity index (χ3v) is 8.26. The van der Waals surface area contributed by atoms with E-state index in [0.29, 0.717) is 43.6 Å². The second kappa shape index (κ2) is 8.51. The lowest BCUT2D eigenvalue weighted by molar-refractivity contribution is -0.142. The molecule has 4 rings (SSSR count). The van der Waals surface area contributed by atoms with Gasteiger partial charge in [0, 0.05) is 32.8 Å². The molecule has 1 atom stereocenters. The standard InChI is InChI=1S/C21H30N2O4S/c24-21(20-7-4-16-27-20)22-12-14-23(15-13-22)28(25,26)19-10-8-18(9-11-19)17-5-2-1-3-6-17/h8-11,17,20H,1-7,12-16H2/t20-/m1/s1. The molecule has 7 heteroatoms. The van der Waals surface area contributed by atoms with E-state index in [9.17, 15) is 13.2 Å². The van der Waals surface area contributed by atoms with Crippen molar-refractivity contribution in [3.63, 3.8) is 0 Å². The number of ether oxygens (including phenoxy) is 1. The molecule has 1 aliphatic carbocycles. The van der Waals surface area contributed by atoms with E-state index in [1.807, 2.05) is 12.1 Å². The van der Waals surface area contributed by atoms with Crippen LogP contribution >= 0.6 is 0 Å². The summed E-state index contributed by atoms with van der Waals surface area (Å²) in [6.45, 7) is 2.17. The summed E-state index contributed by atoms with van der Waals surface area (Å²) in [5.41, 5.74) is 1.26. The van der Waals surface area contributed by atoms with E-state index in [4.69, 9.17) is 4.74 Å². The molecule has 0 bridgehead atoms. The number of hydrogen-bond donors (Lipinski definition) is 0. The van der Waals surface area contributed by atoms with Gasteiger partial charge in [0.2, 0.25) is 10.0 Å². The summed E-state index contributed by atoms with van der Waals surface area (Å²) in [4.78, 5) is 14.5. The fourth-order valence-corrected chi connectivity index (χ4v) is 6.04. The lowest BCUT2D eigenvalue weighted by Crippen LogP contribution is -2.52. The van der Waals surface area contributed by atoms with Gasteiger partial charge < -0.3 is 9.64 Å². The number of rotatable bonds is 4. The molecule has 1 aromatic rings. The van der Waals surface area contributed by atoms with Crippen LogP contribution < -0.4 is 0 Å². The average molecular weight is 407 g/mol. The van der Waals surface area contributed by atoms with Crippen molar-refractivity contribution in [3.8, 4) is 0 Å². The Morgan fingerprint density at radius 2 is 1.57 bits per heavy atom. The molecule has 28 heavy (non-hydrogen) atoms. The molecule has 154 valence electrons. The molecule has 0 spiro atoms. The molecule has 2 heterocycles. The first-order chi connectivity index (χ1) is 13.6. The smallest absolute Gasteiger partial charge is 0.251 e. The first-order valence-corrected chi connectivity index (χ1v) is 12.0. The topological polar surface area (TPSA) is 66.9 Å². The zero-order chi connectivity index (χ0) is 19.6. The molecule has 0 unspecified atom stereocenters. The number of sulfonamides is 1. The highest BCUT2D eigenvalue weighted by Crippen LogP contribution is 2.33. The number of amides is 1. The predicted molar refractivity (Wildman–Crippen MR) is 107 cm³/mol. The average Bonchev–Trinajstić information content (AvgIpc) is 3.29. The van der Waals surface area contributed by atoms with Gasteiger partial charge in [0.25, 0.3) is 5.91 Å². The van der Waals surface area contributed by atoms with Gasteiger partial charge >= 0.3 is 0 Å². The number of carbonyl (C=O) groups is 1. The van der Waals surface area contributed by atoms with E-state index >= 15 is 0 Å². The van der Waals surface area contributed by atoms with Crippen molar-refractivity contribution in [2.24, 2.45) is 0 Å². The van der Waals surface area contributed by atoms with Crippen molar-refractivity contribution in [2.75, 3.05) is 32.8 Å². The number of piperazine rings is 1. The summed E-state index contributed by atoms with van der Waals surface area (Å²) in [7, 11) is -3.51. The third kappa shape index (κ3) is 4.11. The molecule has 1 aromatic carbocycles. The maximum absolute atomic E-state index is 13.0. The van der Waals surface area contributed by atoms with Crippen LogP contribution in [0.15, 0.2) is 29.2 Å². The molecule has 6 nitrogen and oxygen atoms in total. The van der Waals surface area contributed by atoms with Gasteiger partial charge in [-0.3, -0.25) is 4.79 Å². The Labute approximate surface area is 167 Å². The van der Waals surface area contributed by atoms with Crippen LogP contribution in [0.1, 0.15) is 56.4 Å². The molecule has 0 radical (unpaired) electrons. The Bertz CT molecular complexity index is 773. The van der Waals surface area contributed by atoms with E-state index in [-0.39, 0.29) is 12.0 Å². The maximum Gasteiger partial charge on any atom is 0.251 e. The van der Waals surface area contributed by atoms with Crippen molar-refractivity contribution >= 4 is 15.9 Å². The van der Waals surface area contributed by atoms with Crippen LogP contribution in [0, 0.1) is 0 Å². The number of hydrogen-bond acceptors (Lipinski definition) is 4. The van der Waals surface area contributed by atoms with E-state index in [2.05, 4.69) is 0 Å². The van der Waals surface area contributed by atoms with Gasteiger partial charge in [-0.05, 0) is 49.3 Å². The predicted octanol–water partition coefficient (Wildman–Crippen LogP) is 2.75. The summed E-state index contributed by atoms with van der Waals surface area (Å²) in [6.07, 6.45) is 7.59. The minimum absolute atomic E-state index is 0.00591. The Balaban J connectivity index is 1.38. The molecular formula is C21H30N2O4S. The Morgan fingerprint density at radius 3 is 2.18 bits per heavy atom. The summed E-state index contributed by atoms with van der Waals surface area (Å²) in [6, 6.07) is 7.48. The maximum atomic E-state index is 13.0. The van der Waals surface area contributed by atoms with Crippen molar-refractivity contribution in [3.05, 3.63) is 29.8 Å². The van der Waals surface area contributed by atoms with Crippen molar-refractivity contribution in [1.82, 2.24) is 9.21 Å². The Morgan fingerprint density at radius 1 is 0.893 bits per heavy atom. The van der Waals surface area contributed by atoms with E-state index in [0.717, 1.165) is 12.8 Å². The van der Waals surface area contributed by atoms with Crippen molar-refractivity contribution in [1.29, 1.82) is 0 Å². The number of carbonyl (C=O) groups excluding carboxylic acids is 1. The fraction of sp³-hybridized carbons (Fsp3) is 0.667. The van der Waals surface area contributed by atoms with Gasteiger partial charge in [-0.25, -0.2) is 8.42 Å². The van der Waals surface area contributed by atoms with E-state index < -0.39 is 10.0 Å².